The van der Waals surface area contributed by atoms with Gasteiger partial charge in [-0.1, -0.05) is 0 Å². The van der Waals surface area contributed by atoms with Gasteiger partial charge in [0.25, 0.3) is 0 Å². The molecular weight excluding hydrogens is 204 g/mol. The van der Waals surface area contributed by atoms with Crippen molar-refractivity contribution in [2.75, 3.05) is 31.2 Å². The first-order valence-electron chi connectivity index (χ1n) is 5.57. The molecule has 88 valence electrons. The van der Waals surface area contributed by atoms with E-state index in [0.29, 0.717) is 17.6 Å². The van der Waals surface area contributed by atoms with Gasteiger partial charge in [-0.05, 0) is 32.0 Å². The molecule has 1 aliphatic heterocycles. The van der Waals surface area contributed by atoms with Crippen molar-refractivity contribution in [3.63, 3.8) is 0 Å². The summed E-state index contributed by atoms with van der Waals surface area (Å²) < 4.78 is 5.08. The van der Waals surface area contributed by atoms with Gasteiger partial charge in [-0.25, -0.2) is 0 Å². The fraction of sp³-hybridized carbons (Fsp3) is 0.545. The van der Waals surface area contributed by atoms with Crippen molar-refractivity contribution in [2.24, 2.45) is 0 Å². The molecule has 1 saturated heterocycles. The number of anilines is 2. The van der Waals surface area contributed by atoms with E-state index >= 15 is 0 Å². The monoisotopic (exact) mass is 222 g/mol. The summed E-state index contributed by atoms with van der Waals surface area (Å²) in [6.07, 6.45) is 2.19. The summed E-state index contributed by atoms with van der Waals surface area (Å²) in [7, 11) is 1.60. The molecule has 4 N–H and O–H groups in total. The molecule has 0 unspecified atom stereocenters. The number of methoxy groups -OCH3 is 1. The van der Waals surface area contributed by atoms with E-state index in [4.69, 9.17) is 10.5 Å². The van der Waals surface area contributed by atoms with Gasteiger partial charge in [-0.3, -0.25) is 0 Å². The smallest absolute Gasteiger partial charge is 0.215 e. The van der Waals surface area contributed by atoms with E-state index in [1.54, 1.807) is 13.2 Å². The number of pyridine rings is 1. The molecule has 0 spiro atoms. The second kappa shape index (κ2) is 5.03. The minimum absolute atomic E-state index is 0.447. The van der Waals surface area contributed by atoms with E-state index in [-0.39, 0.29) is 0 Å². The van der Waals surface area contributed by atoms with Crippen LogP contribution in [0.5, 0.6) is 5.88 Å². The molecule has 16 heavy (non-hydrogen) atoms. The van der Waals surface area contributed by atoms with E-state index in [9.17, 15) is 0 Å². The minimum Gasteiger partial charge on any atom is -0.481 e. The highest BCUT2D eigenvalue weighted by Crippen LogP contribution is 2.21. The lowest BCUT2D eigenvalue weighted by Crippen LogP contribution is -2.35. The van der Waals surface area contributed by atoms with Crippen molar-refractivity contribution in [3.8, 4) is 5.88 Å². The van der Waals surface area contributed by atoms with Crippen LogP contribution in [0.2, 0.25) is 0 Å². The predicted molar refractivity (Wildman–Crippen MR) is 64.7 cm³/mol. The van der Waals surface area contributed by atoms with Gasteiger partial charge < -0.3 is 21.1 Å². The molecule has 1 aromatic heterocycles. The Hall–Kier alpha value is -1.49. The minimum atomic E-state index is 0.447. The number of piperidine rings is 1. The van der Waals surface area contributed by atoms with Crippen LogP contribution >= 0.6 is 0 Å². The first-order valence-corrected chi connectivity index (χ1v) is 5.57. The van der Waals surface area contributed by atoms with Crippen molar-refractivity contribution in [1.29, 1.82) is 0 Å². The third-order valence-corrected chi connectivity index (χ3v) is 2.79. The maximum absolute atomic E-state index is 5.87. The van der Waals surface area contributed by atoms with E-state index in [0.717, 1.165) is 31.7 Å². The van der Waals surface area contributed by atoms with Crippen LogP contribution in [0.25, 0.3) is 0 Å². The molecule has 1 aromatic rings. The lowest BCUT2D eigenvalue weighted by Gasteiger charge is -2.24. The standard InChI is InChI=1S/C11H18N4O/c1-16-10-3-2-9(12)11(15-10)14-8-4-6-13-7-5-8/h2-3,8,13H,4-7,12H2,1H3,(H,14,15). The zero-order chi connectivity index (χ0) is 11.4. The number of aromatic nitrogens is 1. The van der Waals surface area contributed by atoms with E-state index < -0.39 is 0 Å². The molecule has 0 saturated carbocycles. The number of nitrogens with two attached hydrogens (primary N) is 1. The predicted octanol–water partition coefficient (Wildman–Crippen LogP) is 0.836. The summed E-state index contributed by atoms with van der Waals surface area (Å²) in [5.41, 5.74) is 6.53. The van der Waals surface area contributed by atoms with Crippen molar-refractivity contribution < 1.29 is 4.74 Å². The average Bonchev–Trinajstić information content (AvgIpc) is 2.33. The van der Waals surface area contributed by atoms with Gasteiger partial charge in [-0.15, -0.1) is 0 Å². The summed E-state index contributed by atoms with van der Waals surface area (Å²) >= 11 is 0. The van der Waals surface area contributed by atoms with Gasteiger partial charge in [0.15, 0.2) is 5.82 Å². The lowest BCUT2D eigenvalue weighted by atomic mass is 10.1. The van der Waals surface area contributed by atoms with Crippen molar-refractivity contribution in [1.82, 2.24) is 10.3 Å². The summed E-state index contributed by atoms with van der Waals surface area (Å²) in [5.74, 6) is 1.32. The fourth-order valence-electron chi connectivity index (χ4n) is 1.84. The quantitative estimate of drug-likeness (QED) is 0.706. The number of rotatable bonds is 3. The number of nitrogens with zero attached hydrogens (tertiary/aromatic N) is 1. The molecule has 0 bridgehead atoms. The molecule has 1 aliphatic rings. The summed E-state index contributed by atoms with van der Waals surface area (Å²) in [4.78, 5) is 4.31. The number of ether oxygens (including phenoxy) is 1. The highest BCUT2D eigenvalue weighted by Gasteiger charge is 2.14. The molecule has 0 radical (unpaired) electrons. The third-order valence-electron chi connectivity index (χ3n) is 2.79. The van der Waals surface area contributed by atoms with Gasteiger partial charge in [0.05, 0.1) is 12.8 Å². The molecular formula is C11H18N4O. The highest BCUT2D eigenvalue weighted by molar-refractivity contribution is 5.62. The first kappa shape index (κ1) is 11.0. The second-order valence-corrected chi connectivity index (χ2v) is 3.96. The van der Waals surface area contributed by atoms with Gasteiger partial charge in [0.1, 0.15) is 0 Å². The summed E-state index contributed by atoms with van der Waals surface area (Å²) in [6, 6.07) is 4.03. The molecule has 1 fully saturated rings. The normalized spacial score (nSPS) is 17.1. The molecule has 2 heterocycles. The van der Waals surface area contributed by atoms with E-state index in [2.05, 4.69) is 15.6 Å². The van der Waals surface area contributed by atoms with Gasteiger partial charge in [0, 0.05) is 12.1 Å². The Bertz CT molecular complexity index is 350. The maximum Gasteiger partial charge on any atom is 0.215 e. The van der Waals surface area contributed by atoms with Crippen molar-refractivity contribution in [3.05, 3.63) is 12.1 Å². The lowest BCUT2D eigenvalue weighted by molar-refractivity contribution is 0.398. The number of nitrogen functional groups attached to an aromatic ring is 1. The number of nitrogens with one attached hydrogen (secondary N) is 2. The molecule has 0 atom stereocenters. The van der Waals surface area contributed by atoms with Gasteiger partial charge >= 0.3 is 0 Å². The van der Waals surface area contributed by atoms with Gasteiger partial charge in [0.2, 0.25) is 5.88 Å². The third kappa shape index (κ3) is 2.55. The Morgan fingerprint density at radius 3 is 2.88 bits per heavy atom. The largest absolute Gasteiger partial charge is 0.481 e. The Morgan fingerprint density at radius 2 is 2.19 bits per heavy atom. The Labute approximate surface area is 95.4 Å². The van der Waals surface area contributed by atoms with Crippen LogP contribution in [0.15, 0.2) is 12.1 Å². The summed E-state index contributed by atoms with van der Waals surface area (Å²) in [6.45, 7) is 2.09. The average molecular weight is 222 g/mol. The molecule has 2 rings (SSSR count). The number of hydrogen-bond acceptors (Lipinski definition) is 5. The van der Waals surface area contributed by atoms with Crippen molar-refractivity contribution >= 4 is 11.5 Å². The molecule has 0 aromatic carbocycles. The topological polar surface area (TPSA) is 72.2 Å². The van der Waals surface area contributed by atoms with Crippen LogP contribution in [-0.4, -0.2) is 31.2 Å². The Kier molecular flexibility index (Phi) is 3.46. The summed E-state index contributed by atoms with van der Waals surface area (Å²) in [5, 5.41) is 6.69. The maximum atomic E-state index is 5.87. The van der Waals surface area contributed by atoms with Crippen molar-refractivity contribution in [2.45, 2.75) is 18.9 Å². The number of hydrogen-bond donors (Lipinski definition) is 3. The molecule has 0 amide bonds. The van der Waals surface area contributed by atoms with Crippen LogP contribution < -0.4 is 21.1 Å². The zero-order valence-corrected chi connectivity index (χ0v) is 9.49. The Morgan fingerprint density at radius 1 is 1.44 bits per heavy atom. The highest BCUT2D eigenvalue weighted by atomic mass is 16.5. The zero-order valence-electron chi connectivity index (χ0n) is 9.49. The first-order chi connectivity index (χ1) is 7.79. The van der Waals surface area contributed by atoms with Crippen LogP contribution in [0.3, 0.4) is 0 Å². The second-order valence-electron chi connectivity index (χ2n) is 3.96. The fourth-order valence-corrected chi connectivity index (χ4v) is 1.84. The van der Waals surface area contributed by atoms with Crippen LogP contribution in [0.1, 0.15) is 12.8 Å². The van der Waals surface area contributed by atoms with E-state index in [1.807, 2.05) is 6.07 Å². The van der Waals surface area contributed by atoms with Crippen LogP contribution in [-0.2, 0) is 0 Å². The van der Waals surface area contributed by atoms with E-state index in [1.165, 1.54) is 0 Å². The van der Waals surface area contributed by atoms with Gasteiger partial charge in [-0.2, -0.15) is 4.98 Å². The SMILES string of the molecule is COc1ccc(N)c(NC2CCNCC2)n1. The molecule has 5 nitrogen and oxygen atoms in total. The molecule has 0 aliphatic carbocycles. The Balaban J connectivity index is 2.06. The molecule has 5 heteroatoms. The van der Waals surface area contributed by atoms with Crippen LogP contribution in [0, 0.1) is 0 Å². The van der Waals surface area contributed by atoms with Crippen LogP contribution in [0.4, 0.5) is 11.5 Å².